The summed E-state index contributed by atoms with van der Waals surface area (Å²) in [5, 5.41) is 0. The van der Waals surface area contributed by atoms with Crippen molar-refractivity contribution in [3.05, 3.63) is 121 Å². The highest BCUT2D eigenvalue weighted by Crippen LogP contribution is 2.52. The fourth-order valence-corrected chi connectivity index (χ4v) is 10.2. The summed E-state index contributed by atoms with van der Waals surface area (Å²) in [6.45, 7) is 4.62. The maximum absolute atomic E-state index is 5.91. The van der Waals surface area contributed by atoms with Crippen molar-refractivity contribution in [1.82, 2.24) is 0 Å². The topological polar surface area (TPSA) is 52.6 Å². The molecular weight excluding hydrogens is 486 g/mol. The molecule has 0 amide bonds. The summed E-state index contributed by atoms with van der Waals surface area (Å²) in [5.41, 5.74) is 7.33. The SMILES string of the molecule is C[C@@H](C1=CC=CC1C1C=CC=C1[C@H](C)P(c1ccco1)c1ccco1)P(c1ccco1)c1ccco1. The maximum atomic E-state index is 5.91. The zero-order valence-electron chi connectivity index (χ0n) is 20.2. The van der Waals surface area contributed by atoms with Gasteiger partial charge < -0.3 is 17.7 Å². The summed E-state index contributed by atoms with van der Waals surface area (Å²) in [4.78, 5) is 0. The molecule has 182 valence electrons. The average Bonchev–Trinajstić information content (AvgIpc) is 3.74. The van der Waals surface area contributed by atoms with Crippen LogP contribution in [0.15, 0.2) is 139 Å². The Morgan fingerprint density at radius 3 is 1.17 bits per heavy atom. The van der Waals surface area contributed by atoms with E-state index >= 15 is 0 Å². The van der Waals surface area contributed by atoms with Gasteiger partial charge >= 0.3 is 0 Å². The third-order valence-electron chi connectivity index (χ3n) is 7.08. The van der Waals surface area contributed by atoms with Gasteiger partial charge in [-0.15, -0.1) is 0 Å². The molecule has 0 bridgehead atoms. The second-order valence-electron chi connectivity index (χ2n) is 9.05. The van der Waals surface area contributed by atoms with Crippen molar-refractivity contribution in [1.29, 1.82) is 0 Å². The number of hydrogen-bond acceptors (Lipinski definition) is 4. The minimum Gasteiger partial charge on any atom is -0.464 e. The first kappa shape index (κ1) is 23.3. The number of rotatable bonds is 9. The Kier molecular flexibility index (Phi) is 6.57. The molecule has 2 aliphatic carbocycles. The second kappa shape index (κ2) is 10.1. The minimum absolute atomic E-state index is 0.263. The van der Waals surface area contributed by atoms with E-state index in [1.165, 1.54) is 11.1 Å². The zero-order valence-corrected chi connectivity index (χ0v) is 22.0. The molecular formula is C30H28O4P2. The van der Waals surface area contributed by atoms with E-state index in [-0.39, 0.29) is 23.2 Å². The first-order valence-electron chi connectivity index (χ1n) is 12.2. The smallest absolute Gasteiger partial charge is 0.133 e. The van der Waals surface area contributed by atoms with Crippen LogP contribution in [0.2, 0.25) is 0 Å². The van der Waals surface area contributed by atoms with Gasteiger partial charge in [0.1, 0.15) is 22.0 Å². The van der Waals surface area contributed by atoms with Gasteiger partial charge in [0.15, 0.2) is 0 Å². The molecule has 6 heteroatoms. The summed E-state index contributed by atoms with van der Waals surface area (Å²) >= 11 is 0. The van der Waals surface area contributed by atoms with Gasteiger partial charge in [0.25, 0.3) is 0 Å². The Bertz CT molecular complexity index is 1200. The monoisotopic (exact) mass is 514 g/mol. The van der Waals surface area contributed by atoms with Gasteiger partial charge in [-0.2, -0.15) is 0 Å². The molecule has 0 aromatic carbocycles. The van der Waals surface area contributed by atoms with E-state index in [1.54, 1.807) is 25.1 Å². The van der Waals surface area contributed by atoms with E-state index in [0.717, 1.165) is 22.0 Å². The molecule has 0 saturated heterocycles. The summed E-state index contributed by atoms with van der Waals surface area (Å²) in [5.74, 6) is 0.569. The maximum Gasteiger partial charge on any atom is 0.133 e. The predicted molar refractivity (Wildman–Crippen MR) is 148 cm³/mol. The Labute approximate surface area is 213 Å². The molecule has 0 fully saturated rings. The molecule has 4 aromatic rings. The largest absolute Gasteiger partial charge is 0.464 e. The molecule has 0 spiro atoms. The van der Waals surface area contributed by atoms with Crippen LogP contribution in [0.3, 0.4) is 0 Å². The zero-order chi connectivity index (χ0) is 24.5. The van der Waals surface area contributed by atoms with Crippen molar-refractivity contribution in [2.45, 2.75) is 25.2 Å². The average molecular weight is 514 g/mol. The third-order valence-corrected chi connectivity index (χ3v) is 12.1. The minimum atomic E-state index is -0.803. The van der Waals surface area contributed by atoms with Crippen LogP contribution in [-0.4, -0.2) is 11.3 Å². The van der Waals surface area contributed by atoms with Crippen LogP contribution >= 0.6 is 15.8 Å². The Morgan fingerprint density at radius 1 is 0.556 bits per heavy atom. The van der Waals surface area contributed by atoms with Crippen molar-refractivity contribution in [2.75, 3.05) is 0 Å². The number of furan rings is 4. The highest BCUT2D eigenvalue weighted by Gasteiger charge is 2.39. The first-order valence-corrected chi connectivity index (χ1v) is 15.0. The van der Waals surface area contributed by atoms with Crippen LogP contribution in [0, 0.1) is 11.8 Å². The summed E-state index contributed by atoms with van der Waals surface area (Å²) < 4.78 is 23.6. The predicted octanol–water partition coefficient (Wildman–Crippen LogP) is 6.63. The fraction of sp³-hybridized carbons (Fsp3) is 0.200. The van der Waals surface area contributed by atoms with Crippen LogP contribution in [0.5, 0.6) is 0 Å². The standard InChI is InChI=1S/C30H28O4P2/c1-21(35(27-13-5-17-31-27)28-14-6-18-32-28)23-9-3-11-25(23)26-12-4-10-24(26)22(2)36(29-15-7-19-33-29)30-16-8-20-34-30/h3-22,25-26H,1-2H3/t21-,22-,25?,26?/m0/s1. The third kappa shape index (κ3) is 4.23. The Balaban J connectivity index is 1.30. The van der Waals surface area contributed by atoms with Gasteiger partial charge in [0.2, 0.25) is 0 Å². The number of allylic oxidation sites excluding steroid dienone is 8. The lowest BCUT2D eigenvalue weighted by atomic mass is 9.82. The Hall–Kier alpha value is -3.06. The summed E-state index contributed by atoms with van der Waals surface area (Å²) in [6, 6.07) is 16.2. The van der Waals surface area contributed by atoms with Gasteiger partial charge in [-0.3, -0.25) is 0 Å². The van der Waals surface area contributed by atoms with Crippen molar-refractivity contribution in [3.8, 4) is 0 Å². The van der Waals surface area contributed by atoms with Gasteiger partial charge in [-0.05, 0) is 48.5 Å². The highest BCUT2D eigenvalue weighted by molar-refractivity contribution is 7.73. The van der Waals surface area contributed by atoms with E-state index in [1.807, 2.05) is 24.3 Å². The van der Waals surface area contributed by atoms with Gasteiger partial charge in [0.05, 0.1) is 25.1 Å². The van der Waals surface area contributed by atoms with Crippen molar-refractivity contribution < 1.29 is 17.7 Å². The molecule has 4 heterocycles. The molecule has 4 aromatic heterocycles. The van der Waals surface area contributed by atoms with Gasteiger partial charge in [0, 0.05) is 39.0 Å². The van der Waals surface area contributed by atoms with E-state index in [2.05, 4.69) is 74.6 Å². The molecule has 2 aliphatic rings. The van der Waals surface area contributed by atoms with E-state index in [4.69, 9.17) is 17.7 Å². The number of hydrogen-bond donors (Lipinski definition) is 0. The molecule has 36 heavy (non-hydrogen) atoms. The lowest BCUT2D eigenvalue weighted by molar-refractivity contribution is 0.579. The van der Waals surface area contributed by atoms with Crippen molar-refractivity contribution in [3.63, 3.8) is 0 Å². The fourth-order valence-electron chi connectivity index (χ4n) is 5.41. The van der Waals surface area contributed by atoms with E-state index in [9.17, 15) is 0 Å². The lowest BCUT2D eigenvalue weighted by Crippen LogP contribution is -2.28. The van der Waals surface area contributed by atoms with E-state index in [0.29, 0.717) is 0 Å². The summed E-state index contributed by atoms with van der Waals surface area (Å²) in [7, 11) is -1.61. The van der Waals surface area contributed by atoms with Crippen LogP contribution in [-0.2, 0) is 0 Å². The molecule has 4 atom stereocenters. The second-order valence-corrected chi connectivity index (χ2v) is 13.8. The lowest BCUT2D eigenvalue weighted by Gasteiger charge is -2.33. The summed E-state index contributed by atoms with van der Waals surface area (Å²) in [6.07, 6.45) is 20.8. The van der Waals surface area contributed by atoms with Gasteiger partial charge in [-0.1, -0.05) is 61.4 Å². The molecule has 6 rings (SSSR count). The van der Waals surface area contributed by atoms with Crippen LogP contribution in [0.4, 0.5) is 0 Å². The molecule has 0 aliphatic heterocycles. The van der Waals surface area contributed by atoms with Crippen LogP contribution < -0.4 is 22.0 Å². The molecule has 2 unspecified atom stereocenters. The molecule has 0 radical (unpaired) electrons. The molecule has 4 nitrogen and oxygen atoms in total. The highest BCUT2D eigenvalue weighted by atomic mass is 31.1. The van der Waals surface area contributed by atoms with Crippen LogP contribution in [0.25, 0.3) is 0 Å². The van der Waals surface area contributed by atoms with Gasteiger partial charge in [-0.25, -0.2) is 0 Å². The first-order chi connectivity index (χ1) is 17.7. The van der Waals surface area contributed by atoms with E-state index < -0.39 is 15.8 Å². The molecule has 0 saturated carbocycles. The normalized spacial score (nSPS) is 20.9. The Morgan fingerprint density at radius 2 is 0.889 bits per heavy atom. The van der Waals surface area contributed by atoms with Crippen molar-refractivity contribution >= 4 is 37.8 Å². The van der Waals surface area contributed by atoms with Crippen LogP contribution in [0.1, 0.15) is 13.8 Å². The molecule has 0 N–H and O–H groups in total. The quantitative estimate of drug-likeness (QED) is 0.236. The van der Waals surface area contributed by atoms with Crippen molar-refractivity contribution in [2.24, 2.45) is 11.8 Å².